The predicted octanol–water partition coefficient (Wildman–Crippen LogP) is 1.17. The zero-order valence-corrected chi connectivity index (χ0v) is 11.0. The van der Waals surface area contributed by atoms with Gasteiger partial charge in [0.2, 0.25) is 0 Å². The number of para-hydroxylation sites is 2. The number of rotatable bonds is 7. The molecular formula is C14H16N2O4. The lowest BCUT2D eigenvalue weighted by Gasteiger charge is -2.18. The number of benzene rings is 1. The van der Waals surface area contributed by atoms with Gasteiger partial charge in [0.15, 0.2) is 5.58 Å². The molecule has 0 spiro atoms. The Balaban J connectivity index is 2.15. The first-order chi connectivity index (χ1) is 9.61. The molecule has 0 radical (unpaired) electrons. The molecule has 0 aliphatic carbocycles. The summed E-state index contributed by atoms with van der Waals surface area (Å²) in [4.78, 5) is 24.2. The van der Waals surface area contributed by atoms with Crippen LogP contribution < -0.4 is 5.76 Å². The molecule has 6 heteroatoms. The van der Waals surface area contributed by atoms with E-state index in [0.29, 0.717) is 30.7 Å². The summed E-state index contributed by atoms with van der Waals surface area (Å²) < 4.78 is 6.63. The first-order valence-corrected chi connectivity index (χ1v) is 6.25. The standard InChI is InChI=1S/C14H16N2O4/c1-2-7-15(10-13(17)18)8-9-16-11-5-3-4-6-12(11)20-14(16)19/h2-6H,1,7-10H2,(H,17,18). The first-order valence-electron chi connectivity index (χ1n) is 6.25. The van der Waals surface area contributed by atoms with Crippen molar-refractivity contribution in [2.45, 2.75) is 6.54 Å². The summed E-state index contributed by atoms with van der Waals surface area (Å²) in [7, 11) is 0. The van der Waals surface area contributed by atoms with Gasteiger partial charge in [-0.25, -0.2) is 4.79 Å². The first kappa shape index (κ1) is 14.1. The van der Waals surface area contributed by atoms with Crippen LogP contribution in [0.2, 0.25) is 0 Å². The molecule has 0 aliphatic heterocycles. The summed E-state index contributed by atoms with van der Waals surface area (Å²) in [5.74, 6) is -1.34. The third-order valence-electron chi connectivity index (χ3n) is 2.96. The van der Waals surface area contributed by atoms with Crippen molar-refractivity contribution >= 4 is 17.1 Å². The van der Waals surface area contributed by atoms with Crippen LogP contribution in [0.4, 0.5) is 0 Å². The van der Waals surface area contributed by atoms with Crippen LogP contribution in [0.1, 0.15) is 0 Å². The number of carboxylic acids is 1. The second kappa shape index (κ2) is 6.21. The van der Waals surface area contributed by atoms with Gasteiger partial charge < -0.3 is 9.52 Å². The number of hydrogen-bond acceptors (Lipinski definition) is 4. The average Bonchev–Trinajstić information content (AvgIpc) is 2.71. The van der Waals surface area contributed by atoms with Crippen LogP contribution in [0.25, 0.3) is 11.1 Å². The van der Waals surface area contributed by atoms with E-state index in [1.165, 1.54) is 4.57 Å². The molecule has 0 unspecified atom stereocenters. The molecule has 0 saturated carbocycles. The van der Waals surface area contributed by atoms with E-state index in [4.69, 9.17) is 9.52 Å². The highest BCUT2D eigenvalue weighted by Crippen LogP contribution is 2.11. The summed E-state index contributed by atoms with van der Waals surface area (Å²) in [6.07, 6.45) is 1.64. The van der Waals surface area contributed by atoms with Gasteiger partial charge in [-0.05, 0) is 12.1 Å². The topological polar surface area (TPSA) is 75.7 Å². The van der Waals surface area contributed by atoms with Crippen molar-refractivity contribution in [1.29, 1.82) is 0 Å². The minimum Gasteiger partial charge on any atom is -0.480 e. The molecule has 1 heterocycles. The van der Waals surface area contributed by atoms with Crippen molar-refractivity contribution < 1.29 is 14.3 Å². The van der Waals surface area contributed by atoms with Gasteiger partial charge in [0.25, 0.3) is 0 Å². The normalized spacial score (nSPS) is 11.1. The van der Waals surface area contributed by atoms with Crippen LogP contribution in [0.3, 0.4) is 0 Å². The third-order valence-corrected chi connectivity index (χ3v) is 2.96. The molecule has 2 aromatic rings. The Morgan fingerprint density at radius 2 is 2.20 bits per heavy atom. The molecule has 20 heavy (non-hydrogen) atoms. The number of aromatic nitrogens is 1. The highest BCUT2D eigenvalue weighted by atomic mass is 16.4. The fourth-order valence-corrected chi connectivity index (χ4v) is 2.08. The van der Waals surface area contributed by atoms with Gasteiger partial charge in [-0.2, -0.15) is 0 Å². The molecule has 106 valence electrons. The SMILES string of the molecule is C=CCN(CCn1c(=O)oc2ccccc21)CC(=O)O. The lowest BCUT2D eigenvalue weighted by atomic mass is 10.3. The summed E-state index contributed by atoms with van der Waals surface area (Å²) >= 11 is 0. The molecule has 2 rings (SSSR count). The van der Waals surface area contributed by atoms with Crippen molar-refractivity contribution in [3.63, 3.8) is 0 Å². The van der Waals surface area contributed by atoms with Crippen molar-refractivity contribution in [3.8, 4) is 0 Å². The lowest BCUT2D eigenvalue weighted by molar-refractivity contribution is -0.138. The lowest BCUT2D eigenvalue weighted by Crippen LogP contribution is -2.34. The van der Waals surface area contributed by atoms with Crippen LogP contribution in [-0.2, 0) is 11.3 Å². The zero-order valence-electron chi connectivity index (χ0n) is 11.0. The smallest absolute Gasteiger partial charge is 0.419 e. The van der Waals surface area contributed by atoms with Crippen LogP contribution in [-0.4, -0.2) is 40.2 Å². The van der Waals surface area contributed by atoms with Gasteiger partial charge in [-0.15, -0.1) is 6.58 Å². The number of oxazole rings is 1. The van der Waals surface area contributed by atoms with Crippen molar-refractivity contribution in [2.24, 2.45) is 0 Å². The Morgan fingerprint density at radius 1 is 1.45 bits per heavy atom. The average molecular weight is 276 g/mol. The van der Waals surface area contributed by atoms with E-state index < -0.39 is 11.7 Å². The molecule has 0 bridgehead atoms. The number of hydrogen-bond donors (Lipinski definition) is 1. The van der Waals surface area contributed by atoms with Crippen LogP contribution in [0, 0.1) is 0 Å². The molecule has 0 aliphatic rings. The second-order valence-electron chi connectivity index (χ2n) is 4.40. The van der Waals surface area contributed by atoms with Gasteiger partial charge in [0, 0.05) is 19.6 Å². The number of carbonyl (C=O) groups is 1. The van der Waals surface area contributed by atoms with E-state index in [9.17, 15) is 9.59 Å². The van der Waals surface area contributed by atoms with Crippen LogP contribution in [0.15, 0.2) is 46.1 Å². The highest BCUT2D eigenvalue weighted by molar-refractivity contribution is 5.72. The van der Waals surface area contributed by atoms with E-state index in [2.05, 4.69) is 6.58 Å². The molecule has 6 nitrogen and oxygen atoms in total. The van der Waals surface area contributed by atoms with E-state index in [-0.39, 0.29) is 6.54 Å². The Morgan fingerprint density at radius 3 is 2.90 bits per heavy atom. The molecule has 1 aromatic heterocycles. The van der Waals surface area contributed by atoms with E-state index in [1.54, 1.807) is 29.2 Å². The molecular weight excluding hydrogens is 260 g/mol. The predicted molar refractivity (Wildman–Crippen MR) is 74.7 cm³/mol. The molecule has 1 aromatic carbocycles. The minimum absolute atomic E-state index is 0.0868. The largest absolute Gasteiger partial charge is 0.480 e. The van der Waals surface area contributed by atoms with Crippen molar-refractivity contribution in [1.82, 2.24) is 9.47 Å². The number of aliphatic carboxylic acids is 1. The Labute approximate surface area is 115 Å². The maximum absolute atomic E-state index is 11.8. The van der Waals surface area contributed by atoms with Crippen molar-refractivity contribution in [2.75, 3.05) is 19.6 Å². The monoisotopic (exact) mass is 276 g/mol. The summed E-state index contributed by atoms with van der Waals surface area (Å²) in [6.45, 7) is 4.77. The summed E-state index contributed by atoms with van der Waals surface area (Å²) in [6, 6.07) is 7.15. The minimum atomic E-state index is -0.906. The fraction of sp³-hybridized carbons (Fsp3) is 0.286. The number of fused-ring (bicyclic) bond motifs is 1. The van der Waals surface area contributed by atoms with E-state index in [0.717, 1.165) is 0 Å². The number of carboxylic acid groups (broad SMARTS) is 1. The number of nitrogens with zero attached hydrogens (tertiary/aromatic N) is 2. The molecule has 0 fully saturated rings. The molecule has 0 saturated heterocycles. The van der Waals surface area contributed by atoms with Crippen LogP contribution >= 0.6 is 0 Å². The van der Waals surface area contributed by atoms with E-state index >= 15 is 0 Å². The summed E-state index contributed by atoms with van der Waals surface area (Å²) in [5, 5.41) is 8.83. The van der Waals surface area contributed by atoms with Crippen LogP contribution in [0.5, 0.6) is 0 Å². The maximum atomic E-state index is 11.8. The molecule has 0 atom stereocenters. The fourth-order valence-electron chi connectivity index (χ4n) is 2.08. The summed E-state index contributed by atoms with van der Waals surface area (Å²) in [5.41, 5.74) is 1.25. The Kier molecular flexibility index (Phi) is 4.37. The molecule has 1 N–H and O–H groups in total. The van der Waals surface area contributed by atoms with Crippen molar-refractivity contribution in [3.05, 3.63) is 47.5 Å². The van der Waals surface area contributed by atoms with Gasteiger partial charge in [0.05, 0.1) is 12.1 Å². The zero-order chi connectivity index (χ0) is 14.5. The second-order valence-corrected chi connectivity index (χ2v) is 4.40. The third kappa shape index (κ3) is 3.16. The Hall–Kier alpha value is -2.34. The maximum Gasteiger partial charge on any atom is 0.419 e. The van der Waals surface area contributed by atoms with Gasteiger partial charge in [0.1, 0.15) is 0 Å². The Bertz CT molecular complexity index is 671. The van der Waals surface area contributed by atoms with Gasteiger partial charge >= 0.3 is 11.7 Å². The van der Waals surface area contributed by atoms with Gasteiger partial charge in [-0.3, -0.25) is 14.3 Å². The van der Waals surface area contributed by atoms with E-state index in [1.807, 2.05) is 6.07 Å². The highest BCUT2D eigenvalue weighted by Gasteiger charge is 2.12. The quantitative estimate of drug-likeness (QED) is 0.768. The van der Waals surface area contributed by atoms with Gasteiger partial charge in [-0.1, -0.05) is 18.2 Å². The molecule has 0 amide bonds.